The highest BCUT2D eigenvalue weighted by atomic mass is 32.1. The second kappa shape index (κ2) is 5.97. The number of methoxy groups -OCH3 is 1. The fourth-order valence-electron chi connectivity index (χ4n) is 1.47. The Morgan fingerprint density at radius 1 is 1.59 bits per heavy atom. The number of ether oxygens (including phenoxy) is 1. The lowest BCUT2D eigenvalue weighted by atomic mass is 10.1. The van der Waals surface area contributed by atoms with Crippen molar-refractivity contribution in [1.29, 1.82) is 0 Å². The van der Waals surface area contributed by atoms with Gasteiger partial charge >= 0.3 is 5.97 Å². The minimum absolute atomic E-state index is 0.0814. The van der Waals surface area contributed by atoms with Crippen LogP contribution in [0.15, 0.2) is 0 Å². The van der Waals surface area contributed by atoms with E-state index in [0.29, 0.717) is 23.2 Å². The van der Waals surface area contributed by atoms with Crippen molar-refractivity contribution in [2.45, 2.75) is 26.8 Å². The molecule has 0 fully saturated rings. The summed E-state index contributed by atoms with van der Waals surface area (Å²) in [4.78, 5) is 11.1. The quantitative estimate of drug-likeness (QED) is 0.818. The first-order chi connectivity index (χ1) is 7.97. The maximum Gasteiger partial charge on any atom is 0.340 e. The number of aromatic nitrogens is 1. The SMILES string of the molecule is COCC(Nc1snc(C)c1C(=O)O)C(C)C. The van der Waals surface area contributed by atoms with Gasteiger partial charge in [0.25, 0.3) is 0 Å². The summed E-state index contributed by atoms with van der Waals surface area (Å²) < 4.78 is 9.19. The fraction of sp³-hybridized carbons (Fsp3) is 0.636. The highest BCUT2D eigenvalue weighted by Crippen LogP contribution is 2.26. The van der Waals surface area contributed by atoms with E-state index in [2.05, 4.69) is 23.5 Å². The molecule has 96 valence electrons. The summed E-state index contributed by atoms with van der Waals surface area (Å²) in [5, 5.41) is 12.9. The predicted molar refractivity (Wildman–Crippen MR) is 67.9 cm³/mol. The Morgan fingerprint density at radius 2 is 2.24 bits per heavy atom. The van der Waals surface area contributed by atoms with Crippen molar-refractivity contribution in [1.82, 2.24) is 4.37 Å². The minimum atomic E-state index is -0.946. The molecule has 5 nitrogen and oxygen atoms in total. The highest BCUT2D eigenvalue weighted by Gasteiger charge is 2.21. The maximum atomic E-state index is 11.1. The van der Waals surface area contributed by atoms with Gasteiger partial charge in [0.2, 0.25) is 0 Å². The van der Waals surface area contributed by atoms with E-state index in [4.69, 9.17) is 9.84 Å². The monoisotopic (exact) mass is 258 g/mol. The van der Waals surface area contributed by atoms with Crippen LogP contribution in [0.2, 0.25) is 0 Å². The lowest BCUT2D eigenvalue weighted by molar-refractivity contribution is 0.0697. The first kappa shape index (κ1) is 13.9. The molecule has 0 aliphatic rings. The normalized spacial score (nSPS) is 12.8. The second-order valence-electron chi connectivity index (χ2n) is 4.23. The number of hydrogen-bond acceptors (Lipinski definition) is 5. The molecule has 0 radical (unpaired) electrons. The molecule has 0 aromatic carbocycles. The molecular weight excluding hydrogens is 240 g/mol. The van der Waals surface area contributed by atoms with Crippen molar-refractivity contribution in [3.05, 3.63) is 11.3 Å². The first-order valence-electron chi connectivity index (χ1n) is 5.42. The van der Waals surface area contributed by atoms with Gasteiger partial charge in [0, 0.05) is 7.11 Å². The zero-order valence-electron chi connectivity index (χ0n) is 10.5. The molecule has 1 aromatic rings. The Bertz CT molecular complexity index is 390. The molecule has 1 heterocycles. The molecule has 1 rings (SSSR count). The number of aryl methyl sites for hydroxylation is 1. The molecular formula is C11H18N2O3S. The number of hydrogen-bond donors (Lipinski definition) is 2. The molecule has 17 heavy (non-hydrogen) atoms. The van der Waals surface area contributed by atoms with Gasteiger partial charge in [-0.1, -0.05) is 13.8 Å². The van der Waals surface area contributed by atoms with E-state index >= 15 is 0 Å². The van der Waals surface area contributed by atoms with Gasteiger partial charge < -0.3 is 15.2 Å². The van der Waals surface area contributed by atoms with E-state index in [-0.39, 0.29) is 11.6 Å². The number of carboxylic acid groups (broad SMARTS) is 1. The third kappa shape index (κ3) is 3.41. The summed E-state index contributed by atoms with van der Waals surface area (Å²) >= 11 is 1.18. The number of nitrogens with zero attached hydrogens (tertiary/aromatic N) is 1. The third-order valence-electron chi connectivity index (χ3n) is 2.54. The predicted octanol–water partition coefficient (Wildman–Crippen LogP) is 2.23. The summed E-state index contributed by atoms with van der Waals surface area (Å²) in [5.74, 6) is -0.599. The molecule has 0 saturated heterocycles. The van der Waals surface area contributed by atoms with E-state index in [1.807, 2.05) is 0 Å². The van der Waals surface area contributed by atoms with Crippen molar-refractivity contribution in [3.8, 4) is 0 Å². The number of nitrogens with one attached hydrogen (secondary N) is 1. The molecule has 0 aliphatic carbocycles. The summed E-state index contributed by atoms with van der Waals surface area (Å²) in [6, 6.07) is 0.0814. The van der Waals surface area contributed by atoms with Crippen LogP contribution >= 0.6 is 11.5 Å². The minimum Gasteiger partial charge on any atom is -0.478 e. The number of carboxylic acids is 1. The van der Waals surface area contributed by atoms with Gasteiger partial charge in [-0.05, 0) is 24.4 Å². The maximum absolute atomic E-state index is 11.1. The van der Waals surface area contributed by atoms with Crippen LogP contribution in [-0.2, 0) is 4.74 Å². The largest absolute Gasteiger partial charge is 0.478 e. The molecule has 6 heteroatoms. The number of anilines is 1. The molecule has 0 bridgehead atoms. The zero-order chi connectivity index (χ0) is 13.0. The molecule has 0 spiro atoms. The van der Waals surface area contributed by atoms with Gasteiger partial charge in [-0.15, -0.1) is 0 Å². The van der Waals surface area contributed by atoms with Gasteiger partial charge in [0.1, 0.15) is 10.6 Å². The van der Waals surface area contributed by atoms with Crippen LogP contribution in [0.1, 0.15) is 29.9 Å². The van der Waals surface area contributed by atoms with Crippen LogP contribution in [0.25, 0.3) is 0 Å². The van der Waals surface area contributed by atoms with Crippen LogP contribution in [0.5, 0.6) is 0 Å². The average molecular weight is 258 g/mol. The average Bonchev–Trinajstić information content (AvgIpc) is 2.59. The number of rotatable bonds is 6. The van der Waals surface area contributed by atoms with E-state index in [1.165, 1.54) is 11.5 Å². The molecule has 0 aliphatic heterocycles. The molecule has 1 aromatic heterocycles. The Balaban J connectivity index is 2.89. The van der Waals surface area contributed by atoms with Gasteiger partial charge in [-0.25, -0.2) is 4.79 Å². The van der Waals surface area contributed by atoms with Crippen LogP contribution in [0.4, 0.5) is 5.00 Å². The standard InChI is InChI=1S/C11H18N2O3S/c1-6(2)8(5-16-4)12-10-9(11(14)15)7(3)13-17-10/h6,8,12H,5H2,1-4H3,(H,14,15). The smallest absolute Gasteiger partial charge is 0.340 e. The van der Waals surface area contributed by atoms with Crippen molar-refractivity contribution < 1.29 is 14.6 Å². The Labute approximate surface area is 105 Å². The summed E-state index contributed by atoms with van der Waals surface area (Å²) in [7, 11) is 1.63. The fourth-order valence-corrected chi connectivity index (χ4v) is 2.32. The van der Waals surface area contributed by atoms with Gasteiger partial charge in [0.15, 0.2) is 0 Å². The van der Waals surface area contributed by atoms with Gasteiger partial charge in [0.05, 0.1) is 18.3 Å². The van der Waals surface area contributed by atoms with Crippen molar-refractivity contribution in [2.24, 2.45) is 5.92 Å². The summed E-state index contributed by atoms with van der Waals surface area (Å²) in [6.07, 6.45) is 0. The first-order valence-corrected chi connectivity index (χ1v) is 6.19. The Hall–Kier alpha value is -1.14. The van der Waals surface area contributed by atoms with Crippen molar-refractivity contribution in [3.63, 3.8) is 0 Å². The van der Waals surface area contributed by atoms with E-state index in [9.17, 15) is 4.79 Å². The van der Waals surface area contributed by atoms with Crippen LogP contribution < -0.4 is 5.32 Å². The van der Waals surface area contributed by atoms with Crippen LogP contribution in [0.3, 0.4) is 0 Å². The second-order valence-corrected chi connectivity index (χ2v) is 5.00. The number of aromatic carboxylic acids is 1. The topological polar surface area (TPSA) is 71.5 Å². The molecule has 2 N–H and O–H groups in total. The van der Waals surface area contributed by atoms with Gasteiger partial charge in [-0.3, -0.25) is 0 Å². The summed E-state index contributed by atoms with van der Waals surface area (Å²) in [6.45, 7) is 6.36. The van der Waals surface area contributed by atoms with Crippen LogP contribution in [0, 0.1) is 12.8 Å². The lowest BCUT2D eigenvalue weighted by Crippen LogP contribution is -2.30. The van der Waals surface area contributed by atoms with Gasteiger partial charge in [-0.2, -0.15) is 4.37 Å². The molecule has 0 saturated carbocycles. The number of carbonyl (C=O) groups is 1. The zero-order valence-corrected chi connectivity index (χ0v) is 11.3. The van der Waals surface area contributed by atoms with E-state index in [0.717, 1.165) is 0 Å². The highest BCUT2D eigenvalue weighted by molar-refractivity contribution is 7.10. The molecule has 0 amide bonds. The molecule has 1 unspecified atom stereocenters. The van der Waals surface area contributed by atoms with E-state index in [1.54, 1.807) is 14.0 Å². The van der Waals surface area contributed by atoms with Crippen molar-refractivity contribution in [2.75, 3.05) is 19.0 Å². The van der Waals surface area contributed by atoms with Crippen molar-refractivity contribution >= 4 is 22.5 Å². The van der Waals surface area contributed by atoms with Crippen LogP contribution in [-0.4, -0.2) is 35.2 Å². The third-order valence-corrected chi connectivity index (χ3v) is 3.41. The summed E-state index contributed by atoms with van der Waals surface area (Å²) in [5.41, 5.74) is 0.807. The Kier molecular flexibility index (Phi) is 4.89. The molecule has 1 atom stereocenters. The Morgan fingerprint density at radius 3 is 2.71 bits per heavy atom. The van der Waals surface area contributed by atoms with E-state index < -0.39 is 5.97 Å². The lowest BCUT2D eigenvalue weighted by Gasteiger charge is -2.21.